The lowest BCUT2D eigenvalue weighted by Gasteiger charge is -2.36. The van der Waals surface area contributed by atoms with Gasteiger partial charge in [-0.05, 0) is 24.0 Å². The summed E-state index contributed by atoms with van der Waals surface area (Å²) in [6, 6.07) is 7.06. The summed E-state index contributed by atoms with van der Waals surface area (Å²) in [5.41, 5.74) is 0.131. The molecule has 0 spiro atoms. The highest BCUT2D eigenvalue weighted by molar-refractivity contribution is 6.01. The van der Waals surface area contributed by atoms with E-state index in [0.717, 1.165) is 19.8 Å². The second-order valence-electron chi connectivity index (χ2n) is 6.09. The van der Waals surface area contributed by atoms with E-state index in [9.17, 15) is 19.7 Å². The molecule has 26 heavy (non-hydrogen) atoms. The molecule has 1 aromatic carbocycles. The van der Waals surface area contributed by atoms with Gasteiger partial charge in [0.25, 0.3) is 0 Å². The molecule has 0 bridgehead atoms. The molecule has 0 amide bonds. The highest BCUT2D eigenvalue weighted by Crippen LogP contribution is 2.46. The van der Waals surface area contributed by atoms with Crippen LogP contribution in [0.4, 0.5) is 0 Å². The van der Waals surface area contributed by atoms with E-state index in [0.29, 0.717) is 17.6 Å². The van der Waals surface area contributed by atoms with Crippen LogP contribution in [-0.2, 0) is 25.5 Å². The highest BCUT2D eigenvalue weighted by Gasteiger charge is 2.57. The summed E-state index contributed by atoms with van der Waals surface area (Å²) in [5, 5.41) is 11.4. The Labute approximate surface area is 151 Å². The summed E-state index contributed by atoms with van der Waals surface area (Å²) in [7, 11) is 2.30. The lowest BCUT2D eigenvalue weighted by molar-refractivity contribution is -0.485. The van der Waals surface area contributed by atoms with Crippen LogP contribution in [0, 0.1) is 15.5 Å². The number of hydrogen-bond acceptors (Lipinski definition) is 6. The van der Waals surface area contributed by atoms with Gasteiger partial charge >= 0.3 is 11.9 Å². The van der Waals surface area contributed by atoms with Crippen molar-refractivity contribution in [2.24, 2.45) is 5.41 Å². The number of ether oxygens (including phenoxy) is 2. The maximum atomic E-state index is 12.8. The molecule has 1 aromatic rings. The van der Waals surface area contributed by atoms with Crippen LogP contribution >= 0.6 is 0 Å². The summed E-state index contributed by atoms with van der Waals surface area (Å²) < 4.78 is 9.82. The average Bonchev–Trinajstić information content (AvgIpc) is 2.64. The van der Waals surface area contributed by atoms with Crippen LogP contribution in [0.15, 0.2) is 48.6 Å². The molecule has 1 atom stereocenters. The Hall–Kier alpha value is -2.96. The zero-order chi connectivity index (χ0) is 19.3. The highest BCUT2D eigenvalue weighted by atomic mass is 16.6. The summed E-state index contributed by atoms with van der Waals surface area (Å²) in [5.74, 6) is -2.75. The van der Waals surface area contributed by atoms with Gasteiger partial charge in [-0.1, -0.05) is 48.6 Å². The predicted molar refractivity (Wildman–Crippen MR) is 94.1 cm³/mol. The standard InChI is InChI=1S/C19H21NO6/c1-4-13-9-10-14-7-5-6-8-15(14)16(12-20(23)24)19(11-13,17(21)25-2)18(22)26-3/h4-9,16H,1,10-12H2,2-3H3/b13-9-. The third kappa shape index (κ3) is 3.37. The molecule has 1 aliphatic carbocycles. The van der Waals surface area contributed by atoms with Crippen molar-refractivity contribution in [3.8, 4) is 0 Å². The van der Waals surface area contributed by atoms with E-state index in [1.54, 1.807) is 12.1 Å². The van der Waals surface area contributed by atoms with Crippen LogP contribution in [-0.4, -0.2) is 37.6 Å². The number of nitro groups is 1. The van der Waals surface area contributed by atoms with Gasteiger partial charge < -0.3 is 9.47 Å². The van der Waals surface area contributed by atoms with Gasteiger partial charge in [-0.2, -0.15) is 0 Å². The SMILES string of the molecule is C=C/C1=C/Cc2ccccc2C(C[N+](=O)[O-])C(C(=O)OC)(C(=O)OC)C1. The van der Waals surface area contributed by atoms with Crippen molar-refractivity contribution in [1.82, 2.24) is 0 Å². The number of hydrogen-bond donors (Lipinski definition) is 0. The molecule has 138 valence electrons. The fraction of sp³-hybridized carbons (Fsp3) is 0.368. The monoisotopic (exact) mass is 359 g/mol. The number of carbonyl (C=O) groups is 2. The molecule has 1 aliphatic rings. The van der Waals surface area contributed by atoms with Crippen molar-refractivity contribution < 1.29 is 24.0 Å². The molecule has 0 fully saturated rings. The van der Waals surface area contributed by atoms with Gasteiger partial charge in [0.15, 0.2) is 5.41 Å². The first-order valence-electron chi connectivity index (χ1n) is 8.08. The molecular weight excluding hydrogens is 338 g/mol. The number of nitrogens with zero attached hydrogens (tertiary/aromatic N) is 1. The number of benzene rings is 1. The molecule has 0 aliphatic heterocycles. The Bertz CT molecular complexity index is 751. The number of carbonyl (C=O) groups excluding carboxylic acids is 2. The molecule has 1 unspecified atom stereocenters. The molecular formula is C19H21NO6. The van der Waals surface area contributed by atoms with Crippen molar-refractivity contribution in [1.29, 1.82) is 0 Å². The van der Waals surface area contributed by atoms with Gasteiger partial charge in [0, 0.05) is 4.92 Å². The first-order chi connectivity index (χ1) is 12.4. The second-order valence-corrected chi connectivity index (χ2v) is 6.09. The first-order valence-corrected chi connectivity index (χ1v) is 8.08. The Kier molecular flexibility index (Phi) is 5.92. The van der Waals surface area contributed by atoms with Crippen molar-refractivity contribution in [3.63, 3.8) is 0 Å². The number of esters is 2. The van der Waals surface area contributed by atoms with Crippen LogP contribution in [0.3, 0.4) is 0 Å². The number of methoxy groups -OCH3 is 2. The molecule has 2 rings (SSSR count). The summed E-state index contributed by atoms with van der Waals surface area (Å²) in [6.07, 6.45) is 3.83. The lowest BCUT2D eigenvalue weighted by atomic mass is 9.65. The number of fused-ring (bicyclic) bond motifs is 1. The molecule has 0 aromatic heterocycles. The van der Waals surface area contributed by atoms with E-state index < -0.39 is 34.7 Å². The van der Waals surface area contributed by atoms with Crippen molar-refractivity contribution in [2.45, 2.75) is 18.8 Å². The first kappa shape index (κ1) is 19.4. The van der Waals surface area contributed by atoms with Gasteiger partial charge in [-0.3, -0.25) is 19.7 Å². The smallest absolute Gasteiger partial charge is 0.324 e. The topological polar surface area (TPSA) is 95.7 Å². The quantitative estimate of drug-likeness (QED) is 0.347. The summed E-state index contributed by atoms with van der Waals surface area (Å²) in [6.45, 7) is 3.12. The maximum Gasteiger partial charge on any atom is 0.324 e. The minimum Gasteiger partial charge on any atom is -0.468 e. The lowest BCUT2D eigenvalue weighted by Crippen LogP contribution is -2.49. The largest absolute Gasteiger partial charge is 0.468 e. The third-order valence-electron chi connectivity index (χ3n) is 4.79. The van der Waals surface area contributed by atoms with Crippen LogP contribution in [0.25, 0.3) is 0 Å². The van der Waals surface area contributed by atoms with Gasteiger partial charge in [0.05, 0.1) is 20.1 Å². The van der Waals surface area contributed by atoms with Crippen molar-refractivity contribution >= 4 is 11.9 Å². The second kappa shape index (κ2) is 7.95. The molecule has 0 heterocycles. The Morgan fingerprint density at radius 2 is 1.92 bits per heavy atom. The molecule has 7 nitrogen and oxygen atoms in total. The van der Waals surface area contributed by atoms with Crippen LogP contribution in [0.2, 0.25) is 0 Å². The Morgan fingerprint density at radius 3 is 2.46 bits per heavy atom. The van der Waals surface area contributed by atoms with Gasteiger partial charge in [-0.25, -0.2) is 0 Å². The van der Waals surface area contributed by atoms with Crippen molar-refractivity contribution in [3.05, 3.63) is 69.8 Å². The normalized spacial score (nSPS) is 20.4. The van der Waals surface area contributed by atoms with E-state index in [-0.39, 0.29) is 6.42 Å². The van der Waals surface area contributed by atoms with E-state index in [2.05, 4.69) is 6.58 Å². The summed E-state index contributed by atoms with van der Waals surface area (Å²) in [4.78, 5) is 36.5. The number of rotatable bonds is 5. The van der Waals surface area contributed by atoms with Crippen LogP contribution < -0.4 is 0 Å². The molecule has 0 N–H and O–H groups in total. The Morgan fingerprint density at radius 1 is 1.31 bits per heavy atom. The van der Waals surface area contributed by atoms with Crippen molar-refractivity contribution in [2.75, 3.05) is 20.8 Å². The van der Waals surface area contributed by atoms with Crippen LogP contribution in [0.5, 0.6) is 0 Å². The fourth-order valence-electron chi connectivity index (χ4n) is 3.52. The maximum absolute atomic E-state index is 12.8. The van der Waals surface area contributed by atoms with E-state index in [1.165, 1.54) is 6.08 Å². The predicted octanol–water partition coefficient (Wildman–Crippen LogP) is 2.44. The van der Waals surface area contributed by atoms with Crippen LogP contribution in [0.1, 0.15) is 23.5 Å². The fourth-order valence-corrected chi connectivity index (χ4v) is 3.52. The van der Waals surface area contributed by atoms with E-state index in [4.69, 9.17) is 9.47 Å². The van der Waals surface area contributed by atoms with Gasteiger partial charge in [0.2, 0.25) is 6.54 Å². The molecule has 0 saturated carbocycles. The third-order valence-corrected chi connectivity index (χ3v) is 4.79. The molecule has 0 radical (unpaired) electrons. The minimum absolute atomic E-state index is 0.0807. The average molecular weight is 359 g/mol. The molecule has 0 saturated heterocycles. The van der Waals surface area contributed by atoms with Gasteiger partial charge in [0.1, 0.15) is 0 Å². The zero-order valence-corrected chi connectivity index (χ0v) is 14.8. The Balaban J connectivity index is 2.84. The summed E-state index contributed by atoms with van der Waals surface area (Å²) >= 11 is 0. The van der Waals surface area contributed by atoms with E-state index in [1.807, 2.05) is 18.2 Å². The number of allylic oxidation sites excluding steroid dienone is 3. The van der Waals surface area contributed by atoms with Gasteiger partial charge in [-0.15, -0.1) is 0 Å². The zero-order valence-electron chi connectivity index (χ0n) is 14.8. The molecule has 7 heteroatoms. The minimum atomic E-state index is -1.87. The van der Waals surface area contributed by atoms with E-state index >= 15 is 0 Å².